The molecule has 1 amide bonds. The Morgan fingerprint density at radius 3 is 2.38 bits per heavy atom. The van der Waals surface area contributed by atoms with Crippen molar-refractivity contribution in [2.24, 2.45) is 0 Å². The SMILES string of the molecule is CCOC(=O)c1c(NC(=O)CN(C)Cc2ccc(SC)cc2)oc(C)c1C(C)=O. The van der Waals surface area contributed by atoms with Crippen LogP contribution in [0.15, 0.2) is 33.6 Å². The zero-order valence-corrected chi connectivity index (χ0v) is 18.1. The predicted octanol–water partition coefficient (Wildman–Crippen LogP) is 3.76. The molecule has 0 aliphatic heterocycles. The number of carbonyl (C=O) groups excluding carboxylic acids is 3. The normalized spacial score (nSPS) is 10.8. The number of carbonyl (C=O) groups is 3. The molecule has 0 unspecified atom stereocenters. The molecule has 7 nitrogen and oxygen atoms in total. The minimum Gasteiger partial charge on any atom is -0.462 e. The highest BCUT2D eigenvalue weighted by Gasteiger charge is 2.28. The lowest BCUT2D eigenvalue weighted by atomic mass is 10.1. The molecule has 0 fully saturated rings. The number of hydrogen-bond donors (Lipinski definition) is 1. The Morgan fingerprint density at radius 2 is 1.83 bits per heavy atom. The molecule has 0 saturated heterocycles. The van der Waals surface area contributed by atoms with Gasteiger partial charge in [-0.1, -0.05) is 12.1 Å². The van der Waals surface area contributed by atoms with Crippen molar-refractivity contribution in [3.8, 4) is 0 Å². The molecule has 0 radical (unpaired) electrons. The van der Waals surface area contributed by atoms with E-state index in [2.05, 4.69) is 5.32 Å². The number of esters is 1. The fourth-order valence-corrected chi connectivity index (χ4v) is 3.37. The molecule has 8 heteroatoms. The number of ketones is 1. The number of Topliss-reactive ketones (excluding diaryl/α,β-unsaturated/α-hetero) is 1. The summed E-state index contributed by atoms with van der Waals surface area (Å²) in [6.07, 6.45) is 2.02. The van der Waals surface area contributed by atoms with Crippen LogP contribution in [0, 0.1) is 6.92 Å². The lowest BCUT2D eigenvalue weighted by molar-refractivity contribution is -0.117. The zero-order valence-electron chi connectivity index (χ0n) is 17.3. The van der Waals surface area contributed by atoms with Gasteiger partial charge in [-0.3, -0.25) is 19.8 Å². The number of likely N-dealkylation sites (N-methyl/N-ethyl adjacent to an activating group) is 1. The second kappa shape index (κ2) is 10.3. The van der Waals surface area contributed by atoms with Gasteiger partial charge in [0.1, 0.15) is 11.3 Å². The monoisotopic (exact) mass is 418 g/mol. The number of anilines is 1. The van der Waals surface area contributed by atoms with Crippen LogP contribution in [-0.2, 0) is 16.1 Å². The van der Waals surface area contributed by atoms with Crippen molar-refractivity contribution in [3.05, 3.63) is 46.7 Å². The average molecular weight is 419 g/mol. The fourth-order valence-electron chi connectivity index (χ4n) is 2.96. The molecular weight excluding hydrogens is 392 g/mol. The van der Waals surface area contributed by atoms with Gasteiger partial charge in [-0.25, -0.2) is 4.79 Å². The number of nitrogens with zero attached hydrogens (tertiary/aromatic N) is 1. The first kappa shape index (κ1) is 22.7. The third kappa shape index (κ3) is 5.95. The molecule has 0 bridgehead atoms. The third-order valence-electron chi connectivity index (χ3n) is 4.19. The van der Waals surface area contributed by atoms with E-state index in [1.165, 1.54) is 11.8 Å². The van der Waals surface area contributed by atoms with Crippen LogP contribution in [0.3, 0.4) is 0 Å². The number of amides is 1. The molecule has 1 heterocycles. The Kier molecular flexibility index (Phi) is 8.04. The summed E-state index contributed by atoms with van der Waals surface area (Å²) in [5.41, 5.74) is 1.17. The number of thioether (sulfide) groups is 1. The van der Waals surface area contributed by atoms with Gasteiger partial charge in [0.25, 0.3) is 0 Å². The Balaban J connectivity index is 2.10. The van der Waals surface area contributed by atoms with E-state index in [1.54, 1.807) is 25.6 Å². The van der Waals surface area contributed by atoms with Crippen molar-refractivity contribution in [1.82, 2.24) is 4.90 Å². The van der Waals surface area contributed by atoms with Crippen LogP contribution in [0.1, 0.15) is 45.9 Å². The van der Waals surface area contributed by atoms with Crippen LogP contribution >= 0.6 is 11.8 Å². The number of ether oxygens (including phenoxy) is 1. The first-order valence-corrected chi connectivity index (χ1v) is 10.4. The maximum atomic E-state index is 12.5. The summed E-state index contributed by atoms with van der Waals surface area (Å²) in [6.45, 7) is 5.38. The molecule has 0 aliphatic carbocycles. The van der Waals surface area contributed by atoms with E-state index in [9.17, 15) is 14.4 Å². The molecule has 0 saturated carbocycles. The molecule has 1 aromatic heterocycles. The van der Waals surface area contributed by atoms with E-state index in [0.717, 1.165) is 5.56 Å². The highest BCUT2D eigenvalue weighted by atomic mass is 32.2. The number of furan rings is 1. The molecule has 0 atom stereocenters. The second-order valence-electron chi connectivity index (χ2n) is 6.58. The van der Waals surface area contributed by atoms with Crippen molar-refractivity contribution < 1.29 is 23.5 Å². The van der Waals surface area contributed by atoms with E-state index in [4.69, 9.17) is 9.15 Å². The number of benzene rings is 1. The third-order valence-corrected chi connectivity index (χ3v) is 4.94. The summed E-state index contributed by atoms with van der Waals surface area (Å²) in [5, 5.41) is 2.60. The Labute approximate surface area is 174 Å². The summed E-state index contributed by atoms with van der Waals surface area (Å²) in [6, 6.07) is 8.12. The number of hydrogen-bond acceptors (Lipinski definition) is 7. The predicted molar refractivity (Wildman–Crippen MR) is 113 cm³/mol. The molecule has 29 heavy (non-hydrogen) atoms. The number of nitrogens with one attached hydrogen (secondary N) is 1. The van der Waals surface area contributed by atoms with Crippen LogP contribution in [0.4, 0.5) is 5.88 Å². The molecule has 2 rings (SSSR count). The van der Waals surface area contributed by atoms with Gasteiger partial charge < -0.3 is 9.15 Å². The minimum absolute atomic E-state index is 0.0412. The zero-order chi connectivity index (χ0) is 21.6. The Hall–Kier alpha value is -2.58. The van der Waals surface area contributed by atoms with E-state index in [1.807, 2.05) is 42.5 Å². The van der Waals surface area contributed by atoms with Gasteiger partial charge in [0.2, 0.25) is 11.8 Å². The summed E-state index contributed by atoms with van der Waals surface area (Å²) in [7, 11) is 1.82. The molecule has 156 valence electrons. The summed E-state index contributed by atoms with van der Waals surface area (Å²) in [4.78, 5) is 39.7. The highest BCUT2D eigenvalue weighted by molar-refractivity contribution is 7.98. The standard InChI is InChI=1S/C21H26N2O5S/c1-6-27-21(26)19-18(13(2)24)14(3)28-20(19)22-17(25)12-23(4)11-15-7-9-16(29-5)10-8-15/h7-10H,6,11-12H2,1-5H3,(H,22,25). The molecular formula is C21H26N2O5S. The highest BCUT2D eigenvalue weighted by Crippen LogP contribution is 2.28. The average Bonchev–Trinajstić information content (AvgIpc) is 2.98. The second-order valence-corrected chi connectivity index (χ2v) is 7.46. The first-order chi connectivity index (χ1) is 13.8. The van der Waals surface area contributed by atoms with Crippen molar-refractivity contribution in [3.63, 3.8) is 0 Å². The van der Waals surface area contributed by atoms with Gasteiger partial charge in [-0.2, -0.15) is 0 Å². The lowest BCUT2D eigenvalue weighted by Gasteiger charge is -2.16. The summed E-state index contributed by atoms with van der Waals surface area (Å²) >= 11 is 1.67. The topological polar surface area (TPSA) is 88.8 Å². The van der Waals surface area contributed by atoms with Gasteiger partial charge in [0.15, 0.2) is 5.78 Å². The van der Waals surface area contributed by atoms with E-state index >= 15 is 0 Å². The van der Waals surface area contributed by atoms with Crippen molar-refractivity contribution in [2.45, 2.75) is 32.2 Å². The minimum atomic E-state index is -0.702. The molecule has 2 aromatic rings. The van der Waals surface area contributed by atoms with Gasteiger partial charge >= 0.3 is 5.97 Å². The molecule has 0 aliphatic rings. The number of aryl methyl sites for hydroxylation is 1. The maximum absolute atomic E-state index is 12.5. The first-order valence-electron chi connectivity index (χ1n) is 9.19. The van der Waals surface area contributed by atoms with Gasteiger partial charge in [-0.05, 0) is 51.8 Å². The Bertz CT molecular complexity index is 889. The Morgan fingerprint density at radius 1 is 1.17 bits per heavy atom. The smallest absolute Gasteiger partial charge is 0.344 e. The van der Waals surface area contributed by atoms with E-state index in [0.29, 0.717) is 6.54 Å². The van der Waals surface area contributed by atoms with Crippen LogP contribution < -0.4 is 5.32 Å². The van der Waals surface area contributed by atoms with Crippen molar-refractivity contribution >= 4 is 35.3 Å². The lowest BCUT2D eigenvalue weighted by Crippen LogP contribution is -2.30. The molecule has 0 spiro atoms. The fraction of sp³-hybridized carbons (Fsp3) is 0.381. The van der Waals surface area contributed by atoms with Crippen LogP contribution in [0.25, 0.3) is 0 Å². The number of rotatable bonds is 9. The van der Waals surface area contributed by atoms with Gasteiger partial charge in [-0.15, -0.1) is 11.8 Å². The van der Waals surface area contributed by atoms with Gasteiger partial charge in [0.05, 0.1) is 18.7 Å². The van der Waals surface area contributed by atoms with Crippen LogP contribution in [0.2, 0.25) is 0 Å². The maximum Gasteiger partial charge on any atom is 0.344 e. The molecule has 1 aromatic carbocycles. The van der Waals surface area contributed by atoms with Gasteiger partial charge in [0, 0.05) is 11.4 Å². The van der Waals surface area contributed by atoms with E-state index < -0.39 is 5.97 Å². The van der Waals surface area contributed by atoms with Crippen molar-refractivity contribution in [2.75, 3.05) is 31.8 Å². The van der Waals surface area contributed by atoms with Crippen LogP contribution in [0.5, 0.6) is 0 Å². The quantitative estimate of drug-likeness (QED) is 0.377. The largest absolute Gasteiger partial charge is 0.462 e. The van der Waals surface area contributed by atoms with Crippen LogP contribution in [-0.4, -0.2) is 49.0 Å². The van der Waals surface area contributed by atoms with Crippen molar-refractivity contribution in [1.29, 1.82) is 0 Å². The summed E-state index contributed by atoms with van der Waals surface area (Å²) < 4.78 is 10.5. The summed E-state index contributed by atoms with van der Waals surface area (Å²) in [5.74, 6) is -1.19. The van der Waals surface area contributed by atoms with E-state index in [-0.39, 0.29) is 47.6 Å². The molecule has 1 N–H and O–H groups in total.